The van der Waals surface area contributed by atoms with Crippen LogP contribution < -0.4 is 20.1 Å². The molecule has 3 aromatic carbocycles. The first kappa shape index (κ1) is 82.3. The topological polar surface area (TPSA) is 185 Å². The molecule has 0 saturated heterocycles. The normalized spacial score (nSPS) is 13.3. The van der Waals surface area contributed by atoms with Crippen molar-refractivity contribution in [2.24, 2.45) is 10.8 Å². The van der Waals surface area contributed by atoms with Gasteiger partial charge in [-0.25, -0.2) is 19.2 Å². The number of esters is 2. The molecular formula is C78H124N2O14. The van der Waals surface area contributed by atoms with Crippen molar-refractivity contribution in [3.05, 3.63) is 120 Å². The van der Waals surface area contributed by atoms with Gasteiger partial charge in [-0.05, 0) is 207 Å². The first-order valence-electron chi connectivity index (χ1n) is 34.5. The van der Waals surface area contributed by atoms with Gasteiger partial charge in [0.1, 0.15) is 22.7 Å². The van der Waals surface area contributed by atoms with Crippen LogP contribution in [0.15, 0.2) is 109 Å². The molecule has 0 aliphatic heterocycles. The lowest BCUT2D eigenvalue weighted by Gasteiger charge is -2.44. The van der Waals surface area contributed by atoms with E-state index in [0.29, 0.717) is 89.9 Å². The summed E-state index contributed by atoms with van der Waals surface area (Å²) >= 11 is 0. The molecule has 0 saturated carbocycles. The highest BCUT2D eigenvalue weighted by molar-refractivity contribution is 5.87. The van der Waals surface area contributed by atoms with Crippen LogP contribution in [0.3, 0.4) is 0 Å². The molecule has 0 aromatic heterocycles. The van der Waals surface area contributed by atoms with Crippen molar-refractivity contribution in [3.8, 4) is 11.5 Å². The molecule has 2 amide bonds. The fourth-order valence-corrected chi connectivity index (χ4v) is 10.4. The van der Waals surface area contributed by atoms with Crippen molar-refractivity contribution >= 4 is 24.1 Å². The van der Waals surface area contributed by atoms with E-state index in [0.717, 1.165) is 99.7 Å². The molecule has 0 bridgehead atoms. The number of nitrogens with one attached hydrogen (secondary N) is 2. The lowest BCUT2D eigenvalue weighted by molar-refractivity contribution is -0.139. The summed E-state index contributed by atoms with van der Waals surface area (Å²) in [5.41, 5.74) is -0.950. The van der Waals surface area contributed by atoms with Crippen LogP contribution in [0.25, 0.3) is 0 Å². The van der Waals surface area contributed by atoms with Gasteiger partial charge < -0.3 is 58.0 Å². The first-order valence-corrected chi connectivity index (χ1v) is 34.5. The summed E-state index contributed by atoms with van der Waals surface area (Å²) in [6, 6.07) is 28.0. The zero-order chi connectivity index (χ0) is 70.3. The highest BCUT2D eigenvalue weighted by Gasteiger charge is 2.43. The van der Waals surface area contributed by atoms with Crippen molar-refractivity contribution in [1.82, 2.24) is 10.6 Å². The number of amides is 2. The van der Waals surface area contributed by atoms with Gasteiger partial charge in [0, 0.05) is 62.1 Å². The number of alkyl carbamates (subject to hydrolysis) is 2. The molecule has 2 unspecified atom stereocenters. The van der Waals surface area contributed by atoms with E-state index in [1.54, 1.807) is 13.8 Å². The summed E-state index contributed by atoms with van der Waals surface area (Å²) in [5, 5.41) is 5.79. The Labute approximate surface area is 567 Å². The Morgan fingerprint density at radius 3 is 1.05 bits per heavy atom. The summed E-state index contributed by atoms with van der Waals surface area (Å²) < 4.78 is 61.3. The second-order valence-electron chi connectivity index (χ2n) is 29.9. The molecule has 16 nitrogen and oxygen atoms in total. The second-order valence-corrected chi connectivity index (χ2v) is 29.9. The van der Waals surface area contributed by atoms with Gasteiger partial charge >= 0.3 is 24.1 Å². The maximum atomic E-state index is 13.1. The largest absolute Gasteiger partial charge is 0.493 e. The van der Waals surface area contributed by atoms with Gasteiger partial charge in [0.2, 0.25) is 0 Å². The molecule has 3 rings (SSSR count). The number of hydrogen-bond donors (Lipinski definition) is 2. The van der Waals surface area contributed by atoms with Gasteiger partial charge in [0.15, 0.2) is 0 Å². The number of carbonyl (C=O) groups excluding carboxylic acids is 4. The van der Waals surface area contributed by atoms with Crippen molar-refractivity contribution in [1.29, 1.82) is 0 Å². The fraction of sp³-hybridized carbons (Fsp3) is 0.667. The minimum atomic E-state index is -0.872. The summed E-state index contributed by atoms with van der Waals surface area (Å²) in [4.78, 5) is 49.4. The van der Waals surface area contributed by atoms with Crippen LogP contribution in [0.5, 0.6) is 11.5 Å². The highest BCUT2D eigenvalue weighted by atomic mass is 16.6. The van der Waals surface area contributed by atoms with E-state index in [1.807, 2.05) is 88.4 Å². The van der Waals surface area contributed by atoms with Crippen LogP contribution in [0.1, 0.15) is 237 Å². The Bertz CT molecular complexity index is 2530. The Kier molecular flexibility index (Phi) is 34.4. The van der Waals surface area contributed by atoms with Gasteiger partial charge in [-0.3, -0.25) is 0 Å². The van der Waals surface area contributed by atoms with E-state index >= 15 is 0 Å². The molecule has 16 heteroatoms. The van der Waals surface area contributed by atoms with Crippen LogP contribution in [0, 0.1) is 10.8 Å². The fourth-order valence-electron chi connectivity index (χ4n) is 10.4. The molecule has 0 radical (unpaired) electrons. The third-order valence-corrected chi connectivity index (χ3v) is 18.8. The van der Waals surface area contributed by atoms with Gasteiger partial charge in [0.05, 0.1) is 62.0 Å². The molecule has 0 heterocycles. The molecule has 0 fully saturated rings. The maximum Gasteiger partial charge on any atom is 0.407 e. The lowest BCUT2D eigenvalue weighted by Crippen LogP contribution is -2.46. The molecular weight excluding hydrogens is 1190 g/mol. The lowest BCUT2D eigenvalue weighted by atomic mass is 9.73. The van der Waals surface area contributed by atoms with Crippen LogP contribution in [0.4, 0.5) is 9.59 Å². The quantitative estimate of drug-likeness (QED) is 0.0235. The van der Waals surface area contributed by atoms with E-state index < -0.39 is 34.6 Å². The minimum Gasteiger partial charge on any atom is -0.493 e. The van der Waals surface area contributed by atoms with Gasteiger partial charge in [-0.2, -0.15) is 0 Å². The van der Waals surface area contributed by atoms with E-state index in [9.17, 15) is 19.2 Å². The number of carbonyl (C=O) groups is 4. The number of ether oxygens (including phenoxy) is 10. The monoisotopic (exact) mass is 1310 g/mol. The summed E-state index contributed by atoms with van der Waals surface area (Å²) in [6.07, 6.45) is 10.6. The van der Waals surface area contributed by atoms with E-state index in [-0.39, 0.29) is 45.8 Å². The summed E-state index contributed by atoms with van der Waals surface area (Å²) in [7, 11) is 0. The van der Waals surface area contributed by atoms with Gasteiger partial charge in [-0.1, -0.05) is 114 Å². The third kappa shape index (κ3) is 30.9. The van der Waals surface area contributed by atoms with Crippen LogP contribution >= 0.6 is 0 Å². The Morgan fingerprint density at radius 2 is 0.723 bits per heavy atom. The predicted octanol–water partition coefficient (Wildman–Crippen LogP) is 18.0. The zero-order valence-corrected chi connectivity index (χ0v) is 61.3. The number of rotatable bonds is 48. The van der Waals surface area contributed by atoms with Crippen molar-refractivity contribution in [2.45, 2.75) is 260 Å². The second kappa shape index (κ2) is 39.3. The molecule has 94 heavy (non-hydrogen) atoms. The van der Waals surface area contributed by atoms with Crippen LogP contribution in [-0.4, -0.2) is 124 Å². The van der Waals surface area contributed by atoms with E-state index in [1.165, 1.54) is 0 Å². The average Bonchev–Trinajstić information content (AvgIpc) is 0.821. The summed E-state index contributed by atoms with van der Waals surface area (Å²) in [6.45, 7) is 48.9. The number of benzene rings is 3. The molecule has 0 aliphatic rings. The maximum absolute atomic E-state index is 13.1. The van der Waals surface area contributed by atoms with Crippen molar-refractivity contribution in [2.75, 3.05) is 65.9 Å². The van der Waals surface area contributed by atoms with E-state index in [2.05, 4.69) is 131 Å². The summed E-state index contributed by atoms with van der Waals surface area (Å²) in [5.74, 6) is 0.345. The molecule has 0 spiro atoms. The minimum absolute atomic E-state index is 0.168. The smallest absolute Gasteiger partial charge is 0.407 e. The standard InChI is InChI=1S/C78H124N2O14/c1-59(2)67(81)87-51-33-23-31-49-79-69(83)93-75(13,14)65(61-37-25-21-26-38-61)57-91-77(17,18)71(5,6)45-29-35-53-89-73(9,10)47-55-85-63-41-43-64(44-42-63)86-56-48-74(11,12)90-54-36-30-46-72(7,8)78(19,20)92-58-66(62-39-27-22-28-40-62)76(15,16)94-70(84)80-50-32-24-34-52-88-68(82)60(3)4/h21-22,25-28,37-44,65-66H,1,3,23-24,29-36,45-58H2,2,4-20H3,(H,79,83)(H,80,84). The molecule has 0 aliphatic carbocycles. The molecule has 530 valence electrons. The Hall–Kier alpha value is -5.94. The SMILES string of the molecule is C=C(C)C(=O)OCCCCCNC(=O)OC(C)(C)C(COC(C)(C)C(C)(C)CCCCOC(C)(C)CCOc1ccc(OCCC(C)(C)OCCCCC(C)(C)C(C)(C)OCC(c2ccccc2)C(C)(C)OC(=O)NCCCCCOC(=O)C(=C)C)cc1)c1ccccc1. The number of unbranched alkanes of at least 4 members (excludes halogenated alkanes) is 6. The van der Waals surface area contributed by atoms with Gasteiger partial charge in [0.25, 0.3) is 0 Å². The van der Waals surface area contributed by atoms with Crippen molar-refractivity contribution in [3.63, 3.8) is 0 Å². The average molecular weight is 1310 g/mol. The van der Waals surface area contributed by atoms with Crippen LogP contribution in [-0.2, 0) is 47.5 Å². The molecule has 2 atom stereocenters. The van der Waals surface area contributed by atoms with Gasteiger partial charge in [-0.15, -0.1) is 0 Å². The molecule has 2 N–H and O–H groups in total. The number of hydrogen-bond acceptors (Lipinski definition) is 14. The van der Waals surface area contributed by atoms with E-state index in [4.69, 9.17) is 47.4 Å². The van der Waals surface area contributed by atoms with Crippen LogP contribution in [0.2, 0.25) is 0 Å². The predicted molar refractivity (Wildman–Crippen MR) is 377 cm³/mol. The highest BCUT2D eigenvalue weighted by Crippen LogP contribution is 2.43. The van der Waals surface area contributed by atoms with Crippen molar-refractivity contribution < 1.29 is 66.5 Å². The Balaban J connectivity index is 1.35. The zero-order valence-electron chi connectivity index (χ0n) is 61.3. The Morgan fingerprint density at radius 1 is 0.394 bits per heavy atom. The molecule has 3 aromatic rings. The third-order valence-electron chi connectivity index (χ3n) is 18.8. The first-order chi connectivity index (χ1) is 43.9.